The smallest absolute Gasteiger partial charge is 0.387 e. The molecule has 31 heavy (non-hydrogen) atoms. The summed E-state index contributed by atoms with van der Waals surface area (Å²) in [4.78, 5) is 12.6. The van der Waals surface area contributed by atoms with Gasteiger partial charge >= 0.3 is 6.61 Å². The lowest BCUT2D eigenvalue weighted by Gasteiger charge is -2.53. The maximum atomic E-state index is 12.7. The van der Waals surface area contributed by atoms with Crippen molar-refractivity contribution in [2.24, 2.45) is 22.7 Å². The molecule has 1 heterocycles. The third-order valence-corrected chi connectivity index (χ3v) is 8.02. The van der Waals surface area contributed by atoms with Crippen LogP contribution in [0, 0.1) is 22.7 Å². The van der Waals surface area contributed by atoms with Crippen LogP contribution in [0.4, 0.5) is 8.78 Å². The van der Waals surface area contributed by atoms with E-state index in [4.69, 9.17) is 9.47 Å². The van der Waals surface area contributed by atoms with Crippen LogP contribution in [0.1, 0.15) is 64.5 Å². The highest BCUT2D eigenvalue weighted by Gasteiger charge is 2.68. The molecular formula is C24H33F2NO4. The van der Waals surface area contributed by atoms with E-state index in [0.29, 0.717) is 18.9 Å². The minimum Gasteiger partial charge on any atom is -0.493 e. The van der Waals surface area contributed by atoms with E-state index in [9.17, 15) is 13.6 Å². The lowest BCUT2D eigenvalue weighted by Crippen LogP contribution is -2.58. The highest BCUT2D eigenvalue weighted by molar-refractivity contribution is 5.76. The normalized spacial score (nSPS) is 33.3. The van der Waals surface area contributed by atoms with Gasteiger partial charge in [-0.25, -0.2) is 0 Å². The summed E-state index contributed by atoms with van der Waals surface area (Å²) in [6.45, 7) is 4.29. The van der Waals surface area contributed by atoms with E-state index >= 15 is 0 Å². The van der Waals surface area contributed by atoms with Crippen LogP contribution >= 0.6 is 0 Å². The Kier molecular flexibility index (Phi) is 5.92. The van der Waals surface area contributed by atoms with Gasteiger partial charge in [0.15, 0.2) is 11.5 Å². The number of carbonyl (C=O) groups excluding carboxylic acids is 1. The van der Waals surface area contributed by atoms with E-state index in [1.165, 1.54) is 13.2 Å². The summed E-state index contributed by atoms with van der Waals surface area (Å²) in [6.07, 6.45) is 4.27. The molecular weight excluding hydrogens is 404 g/mol. The first kappa shape index (κ1) is 22.3. The van der Waals surface area contributed by atoms with Crippen LogP contribution < -0.4 is 14.8 Å². The van der Waals surface area contributed by atoms with E-state index in [-0.39, 0.29) is 46.3 Å². The van der Waals surface area contributed by atoms with Crippen molar-refractivity contribution in [2.45, 2.75) is 71.6 Å². The molecule has 4 rings (SSSR count). The lowest BCUT2D eigenvalue weighted by atomic mass is 9.59. The van der Waals surface area contributed by atoms with Gasteiger partial charge in [-0.3, -0.25) is 4.79 Å². The number of hydrogen-bond acceptors (Lipinski definition) is 4. The van der Waals surface area contributed by atoms with Crippen molar-refractivity contribution in [3.8, 4) is 11.5 Å². The molecule has 1 aromatic carbocycles. The van der Waals surface area contributed by atoms with E-state index in [0.717, 1.165) is 31.2 Å². The summed E-state index contributed by atoms with van der Waals surface area (Å²) in [7, 11) is 1.44. The molecule has 1 aliphatic heterocycles. The van der Waals surface area contributed by atoms with Crippen LogP contribution in [-0.4, -0.2) is 32.3 Å². The van der Waals surface area contributed by atoms with Crippen molar-refractivity contribution in [3.63, 3.8) is 0 Å². The number of benzene rings is 1. The molecule has 3 fully saturated rings. The summed E-state index contributed by atoms with van der Waals surface area (Å²) in [5.41, 5.74) is 0.937. The molecule has 2 saturated carbocycles. The molecule has 2 bridgehead atoms. The predicted octanol–water partition coefficient (Wildman–Crippen LogP) is 5.10. The Labute approximate surface area is 182 Å². The van der Waals surface area contributed by atoms with Crippen molar-refractivity contribution in [1.82, 2.24) is 5.32 Å². The van der Waals surface area contributed by atoms with E-state index in [1.54, 1.807) is 12.1 Å². The number of alkyl halides is 2. The van der Waals surface area contributed by atoms with E-state index in [2.05, 4.69) is 23.9 Å². The van der Waals surface area contributed by atoms with Gasteiger partial charge in [0, 0.05) is 19.1 Å². The molecule has 5 nitrogen and oxygen atoms in total. The SMILES string of the molecule is CCCC(=O)N[C@H]1C(C)(C)[C@@H]2C[C@@H]3[C@@H](c4ccc(OC(F)F)c(OC)c4)OCC[C@@]31C2. The van der Waals surface area contributed by atoms with Gasteiger partial charge in [-0.1, -0.05) is 26.8 Å². The van der Waals surface area contributed by atoms with Crippen molar-refractivity contribution < 1.29 is 27.8 Å². The number of halogens is 2. The Morgan fingerprint density at radius 3 is 2.77 bits per heavy atom. The predicted molar refractivity (Wildman–Crippen MR) is 112 cm³/mol. The fourth-order valence-corrected chi connectivity index (χ4v) is 6.63. The van der Waals surface area contributed by atoms with Crippen LogP contribution in [0.3, 0.4) is 0 Å². The molecule has 3 aliphatic rings. The molecule has 5 atom stereocenters. The van der Waals surface area contributed by atoms with Crippen molar-refractivity contribution in [3.05, 3.63) is 23.8 Å². The Morgan fingerprint density at radius 2 is 2.10 bits per heavy atom. The molecule has 172 valence electrons. The van der Waals surface area contributed by atoms with Crippen molar-refractivity contribution in [2.75, 3.05) is 13.7 Å². The van der Waals surface area contributed by atoms with Crippen LogP contribution in [-0.2, 0) is 9.53 Å². The summed E-state index contributed by atoms with van der Waals surface area (Å²) < 4.78 is 41.6. The largest absolute Gasteiger partial charge is 0.493 e. The number of fused-ring (bicyclic) bond motifs is 1. The third-order valence-electron chi connectivity index (χ3n) is 8.02. The van der Waals surface area contributed by atoms with Crippen molar-refractivity contribution in [1.29, 1.82) is 0 Å². The molecule has 0 radical (unpaired) electrons. The number of amides is 1. The quantitative estimate of drug-likeness (QED) is 0.645. The highest BCUT2D eigenvalue weighted by Crippen LogP contribution is 2.70. The second-order valence-electron chi connectivity index (χ2n) is 9.88. The second-order valence-corrected chi connectivity index (χ2v) is 9.88. The van der Waals surface area contributed by atoms with Gasteiger partial charge in [-0.2, -0.15) is 8.78 Å². The molecule has 1 amide bonds. The molecule has 0 unspecified atom stereocenters. The van der Waals surface area contributed by atoms with Gasteiger partial charge in [-0.05, 0) is 66.0 Å². The van der Waals surface area contributed by atoms with Crippen LogP contribution in [0.2, 0.25) is 0 Å². The Hall–Kier alpha value is -1.89. The zero-order chi connectivity index (χ0) is 22.4. The van der Waals surface area contributed by atoms with E-state index < -0.39 is 6.61 Å². The average molecular weight is 438 g/mol. The zero-order valence-corrected chi connectivity index (χ0v) is 18.8. The minimum absolute atomic E-state index is 0.00807. The molecule has 7 heteroatoms. The van der Waals surface area contributed by atoms with Crippen molar-refractivity contribution >= 4 is 5.91 Å². The summed E-state index contributed by atoms with van der Waals surface area (Å²) >= 11 is 0. The van der Waals surface area contributed by atoms with Gasteiger partial charge in [0.05, 0.1) is 13.2 Å². The maximum Gasteiger partial charge on any atom is 0.387 e. The Balaban J connectivity index is 1.64. The number of hydrogen-bond donors (Lipinski definition) is 1. The van der Waals surface area contributed by atoms with Gasteiger partial charge in [0.1, 0.15) is 0 Å². The average Bonchev–Trinajstić information content (AvgIpc) is 3.20. The molecule has 2 aliphatic carbocycles. The molecule has 0 aromatic heterocycles. The molecule has 1 N–H and O–H groups in total. The minimum atomic E-state index is -2.91. The summed E-state index contributed by atoms with van der Waals surface area (Å²) in [5, 5.41) is 3.39. The fourth-order valence-electron chi connectivity index (χ4n) is 6.63. The monoisotopic (exact) mass is 437 g/mol. The fraction of sp³-hybridized carbons (Fsp3) is 0.708. The van der Waals surface area contributed by atoms with Gasteiger partial charge in [0.2, 0.25) is 5.91 Å². The number of rotatable bonds is 7. The number of methoxy groups -OCH3 is 1. The van der Waals surface area contributed by atoms with E-state index in [1.807, 2.05) is 6.92 Å². The first-order chi connectivity index (χ1) is 14.7. The Bertz CT molecular complexity index is 830. The Morgan fingerprint density at radius 1 is 1.32 bits per heavy atom. The standard InChI is InChI=1S/C24H33F2NO4/c1-5-6-19(28)27-21-23(2,3)15-12-16-20(30-10-9-24(16,21)13-15)14-7-8-17(31-22(25)26)18(11-14)29-4/h7-8,11,15-16,20-22H,5-6,9-10,12-13H2,1-4H3,(H,27,28)/t15-,16-,20-,21+,24-/m1/s1. The highest BCUT2D eigenvalue weighted by atomic mass is 19.3. The summed E-state index contributed by atoms with van der Waals surface area (Å²) in [6, 6.07) is 5.19. The van der Waals surface area contributed by atoms with Crippen LogP contribution in [0.15, 0.2) is 18.2 Å². The molecule has 1 spiro atoms. The molecule has 1 aromatic rings. The second kappa shape index (κ2) is 8.23. The third kappa shape index (κ3) is 3.69. The molecule has 1 saturated heterocycles. The zero-order valence-electron chi connectivity index (χ0n) is 18.8. The number of carbonyl (C=O) groups is 1. The summed E-state index contributed by atoms with van der Waals surface area (Å²) in [5.74, 6) is 1.19. The maximum absolute atomic E-state index is 12.7. The lowest BCUT2D eigenvalue weighted by molar-refractivity contribution is -0.137. The number of ether oxygens (including phenoxy) is 3. The van der Waals surface area contributed by atoms with Gasteiger partial charge < -0.3 is 19.5 Å². The van der Waals surface area contributed by atoms with Gasteiger partial charge in [0.25, 0.3) is 0 Å². The van der Waals surface area contributed by atoms with Crippen LogP contribution in [0.25, 0.3) is 0 Å². The van der Waals surface area contributed by atoms with Crippen LogP contribution in [0.5, 0.6) is 11.5 Å². The first-order valence-corrected chi connectivity index (χ1v) is 11.3. The van der Waals surface area contributed by atoms with Gasteiger partial charge in [-0.15, -0.1) is 0 Å². The topological polar surface area (TPSA) is 56.8 Å². The number of nitrogens with one attached hydrogen (secondary N) is 1. The first-order valence-electron chi connectivity index (χ1n) is 11.3.